The van der Waals surface area contributed by atoms with Gasteiger partial charge in [-0.3, -0.25) is 0 Å². The molecule has 0 unspecified atom stereocenters. The molecule has 2 aromatic rings. The summed E-state index contributed by atoms with van der Waals surface area (Å²) in [7, 11) is 2.16. The monoisotopic (exact) mass is 217 g/mol. The predicted octanol–water partition coefficient (Wildman–Crippen LogP) is 2.72. The lowest BCUT2D eigenvalue weighted by molar-refractivity contribution is -0.652. The number of hydrogen-bond donors (Lipinski definition) is 0. The first-order valence-corrected chi connectivity index (χ1v) is 5.94. The molecule has 1 aromatic heterocycles. The number of fused-ring (bicyclic) bond motifs is 1. The Morgan fingerprint density at radius 3 is 2.31 bits per heavy atom. The third-order valence-electron chi connectivity index (χ3n) is 3.78. The lowest BCUT2D eigenvalue weighted by Gasteiger charge is -2.03. The number of nitrogens with zero attached hydrogens (tertiary/aromatic N) is 2. The quantitative estimate of drug-likeness (QED) is 0.649. The van der Waals surface area contributed by atoms with Gasteiger partial charge in [0.05, 0.1) is 13.6 Å². The van der Waals surface area contributed by atoms with Gasteiger partial charge in [0, 0.05) is 18.1 Å². The third kappa shape index (κ3) is 1.29. The SMILES string of the molecule is CCn1c(C)[n+](C)c2c(C)cc(C)c(C)c21. The summed E-state index contributed by atoms with van der Waals surface area (Å²) in [5.74, 6) is 1.33. The molecule has 86 valence electrons. The van der Waals surface area contributed by atoms with Crippen LogP contribution in [0.2, 0.25) is 0 Å². The molecule has 16 heavy (non-hydrogen) atoms. The Labute approximate surface area is 97.5 Å². The predicted molar refractivity (Wildman–Crippen MR) is 67.7 cm³/mol. The number of aryl methyl sites for hydroxylation is 5. The zero-order valence-electron chi connectivity index (χ0n) is 11.2. The number of benzene rings is 1. The third-order valence-corrected chi connectivity index (χ3v) is 3.78. The molecular formula is C14H21N2+. The maximum Gasteiger partial charge on any atom is 0.254 e. The smallest absolute Gasteiger partial charge is 0.230 e. The molecular weight excluding hydrogens is 196 g/mol. The Morgan fingerprint density at radius 2 is 1.75 bits per heavy atom. The largest absolute Gasteiger partial charge is 0.254 e. The molecule has 0 aliphatic carbocycles. The molecule has 0 fully saturated rings. The van der Waals surface area contributed by atoms with Gasteiger partial charge in [0.2, 0.25) is 0 Å². The van der Waals surface area contributed by atoms with Gasteiger partial charge in [-0.25, -0.2) is 9.13 Å². The lowest BCUT2D eigenvalue weighted by Crippen LogP contribution is -2.31. The zero-order chi connectivity index (χ0) is 12.0. The van der Waals surface area contributed by atoms with E-state index in [0.29, 0.717) is 0 Å². The van der Waals surface area contributed by atoms with Gasteiger partial charge in [-0.15, -0.1) is 0 Å². The van der Waals surface area contributed by atoms with Crippen molar-refractivity contribution in [3.05, 3.63) is 28.6 Å². The molecule has 2 rings (SSSR count). The van der Waals surface area contributed by atoms with Crippen molar-refractivity contribution < 1.29 is 4.57 Å². The molecule has 2 nitrogen and oxygen atoms in total. The van der Waals surface area contributed by atoms with E-state index in [0.717, 1.165) is 6.54 Å². The first kappa shape index (κ1) is 11.2. The molecule has 0 radical (unpaired) electrons. The molecule has 0 saturated heterocycles. The van der Waals surface area contributed by atoms with E-state index >= 15 is 0 Å². The van der Waals surface area contributed by atoms with E-state index in [-0.39, 0.29) is 0 Å². The van der Waals surface area contributed by atoms with E-state index in [2.05, 4.69) is 56.9 Å². The Kier molecular flexibility index (Phi) is 2.53. The molecule has 0 saturated carbocycles. The summed E-state index contributed by atoms with van der Waals surface area (Å²) < 4.78 is 4.71. The van der Waals surface area contributed by atoms with E-state index < -0.39 is 0 Å². The molecule has 1 heterocycles. The fourth-order valence-corrected chi connectivity index (χ4v) is 2.70. The number of hydrogen-bond acceptors (Lipinski definition) is 0. The van der Waals surface area contributed by atoms with Crippen LogP contribution in [-0.4, -0.2) is 4.57 Å². The van der Waals surface area contributed by atoms with Gasteiger partial charge in [-0.05, 0) is 33.3 Å². The van der Waals surface area contributed by atoms with Gasteiger partial charge < -0.3 is 0 Å². The fourth-order valence-electron chi connectivity index (χ4n) is 2.70. The maximum atomic E-state index is 2.41. The van der Waals surface area contributed by atoms with Crippen molar-refractivity contribution >= 4 is 11.0 Å². The van der Waals surface area contributed by atoms with Crippen molar-refractivity contribution in [2.45, 2.75) is 41.2 Å². The molecule has 0 spiro atoms. The van der Waals surface area contributed by atoms with Gasteiger partial charge in [0.1, 0.15) is 0 Å². The second-order valence-corrected chi connectivity index (χ2v) is 4.68. The summed E-state index contributed by atoms with van der Waals surface area (Å²) >= 11 is 0. The normalized spacial score (nSPS) is 11.4. The molecule has 0 atom stereocenters. The van der Waals surface area contributed by atoms with Crippen molar-refractivity contribution in [3.63, 3.8) is 0 Å². The van der Waals surface area contributed by atoms with Crippen LogP contribution in [-0.2, 0) is 13.6 Å². The summed E-state index contributed by atoms with van der Waals surface area (Å²) in [5, 5.41) is 0. The molecule has 0 aliphatic heterocycles. The van der Waals surface area contributed by atoms with Crippen molar-refractivity contribution in [1.82, 2.24) is 4.57 Å². The highest BCUT2D eigenvalue weighted by Gasteiger charge is 2.22. The first-order chi connectivity index (χ1) is 7.49. The van der Waals surface area contributed by atoms with Crippen LogP contribution in [0, 0.1) is 27.7 Å². The molecule has 2 heteroatoms. The summed E-state index contributed by atoms with van der Waals surface area (Å²) in [6.45, 7) is 12.1. The number of rotatable bonds is 1. The molecule has 1 aromatic carbocycles. The highest BCUT2D eigenvalue weighted by Crippen LogP contribution is 2.24. The fraction of sp³-hybridized carbons (Fsp3) is 0.500. The average molecular weight is 217 g/mol. The summed E-state index contributed by atoms with van der Waals surface area (Å²) in [4.78, 5) is 0. The van der Waals surface area contributed by atoms with Crippen molar-refractivity contribution in [2.75, 3.05) is 0 Å². The van der Waals surface area contributed by atoms with E-state index in [1.54, 1.807) is 0 Å². The Hall–Kier alpha value is -1.31. The van der Waals surface area contributed by atoms with Crippen molar-refractivity contribution in [2.24, 2.45) is 7.05 Å². The van der Waals surface area contributed by atoms with E-state index in [9.17, 15) is 0 Å². The maximum absolute atomic E-state index is 2.41. The molecule has 0 N–H and O–H groups in total. The number of imidazole rings is 1. The van der Waals surface area contributed by atoms with Crippen LogP contribution in [0.15, 0.2) is 6.07 Å². The average Bonchev–Trinajstić information content (AvgIpc) is 2.49. The number of aromatic nitrogens is 2. The summed E-state index contributed by atoms with van der Waals surface area (Å²) in [6.07, 6.45) is 0. The van der Waals surface area contributed by atoms with Crippen LogP contribution in [0.3, 0.4) is 0 Å². The van der Waals surface area contributed by atoms with Gasteiger partial charge in [0.25, 0.3) is 5.82 Å². The minimum atomic E-state index is 1.03. The van der Waals surface area contributed by atoms with Crippen LogP contribution in [0.5, 0.6) is 0 Å². The highest BCUT2D eigenvalue weighted by molar-refractivity contribution is 5.81. The van der Waals surface area contributed by atoms with Gasteiger partial charge >= 0.3 is 0 Å². The highest BCUT2D eigenvalue weighted by atomic mass is 15.1. The Balaban J connectivity index is 3.06. The van der Waals surface area contributed by atoms with Crippen molar-refractivity contribution in [3.8, 4) is 0 Å². The van der Waals surface area contributed by atoms with Crippen molar-refractivity contribution in [1.29, 1.82) is 0 Å². The van der Waals surface area contributed by atoms with Gasteiger partial charge in [0.15, 0.2) is 11.0 Å². The van der Waals surface area contributed by atoms with Crippen LogP contribution in [0.4, 0.5) is 0 Å². The van der Waals surface area contributed by atoms with E-state index in [1.807, 2.05) is 0 Å². The zero-order valence-corrected chi connectivity index (χ0v) is 11.2. The first-order valence-electron chi connectivity index (χ1n) is 5.94. The second-order valence-electron chi connectivity index (χ2n) is 4.68. The van der Waals surface area contributed by atoms with Crippen LogP contribution in [0.1, 0.15) is 29.4 Å². The Bertz CT molecular complexity index is 562. The minimum absolute atomic E-state index is 1.03. The molecule has 0 bridgehead atoms. The van der Waals surface area contributed by atoms with Gasteiger partial charge in [-0.1, -0.05) is 6.07 Å². The van der Waals surface area contributed by atoms with Crippen LogP contribution < -0.4 is 4.57 Å². The van der Waals surface area contributed by atoms with Gasteiger partial charge in [-0.2, -0.15) is 0 Å². The standard InChI is InChI=1S/C14H21N2/c1-7-16-12(5)15(6)13-10(3)8-9(2)11(4)14(13)16/h8H,7H2,1-6H3/q+1. The Morgan fingerprint density at radius 1 is 1.12 bits per heavy atom. The molecule has 0 aliphatic rings. The summed E-state index contributed by atoms with van der Waals surface area (Å²) in [6, 6.07) is 2.29. The van der Waals surface area contributed by atoms with E-state index in [4.69, 9.17) is 0 Å². The van der Waals surface area contributed by atoms with Crippen LogP contribution >= 0.6 is 0 Å². The van der Waals surface area contributed by atoms with Crippen LogP contribution in [0.25, 0.3) is 11.0 Å². The summed E-state index contributed by atoms with van der Waals surface area (Å²) in [5.41, 5.74) is 6.95. The topological polar surface area (TPSA) is 8.81 Å². The minimum Gasteiger partial charge on any atom is -0.230 e. The second kappa shape index (κ2) is 3.62. The van der Waals surface area contributed by atoms with E-state index in [1.165, 1.54) is 33.5 Å². The molecule has 0 amide bonds. The lowest BCUT2D eigenvalue weighted by atomic mass is 10.0.